The average molecular weight is 266 g/mol. The van der Waals surface area contributed by atoms with Crippen LogP contribution in [-0.2, 0) is 0 Å². The normalized spacial score (nSPS) is 11.4. The molecule has 0 unspecified atom stereocenters. The van der Waals surface area contributed by atoms with E-state index in [0.29, 0.717) is 11.8 Å². The molecule has 0 saturated carbocycles. The fraction of sp³-hybridized carbons (Fsp3) is 0.400. The van der Waals surface area contributed by atoms with E-state index in [1.807, 2.05) is 0 Å². The van der Waals surface area contributed by atoms with Gasteiger partial charge in [-0.3, -0.25) is 0 Å². The van der Waals surface area contributed by atoms with E-state index >= 15 is 0 Å². The molecule has 0 amide bonds. The first-order valence-electron chi connectivity index (χ1n) is 7.61. The SMILES string of the molecule is Cc1cccc(C)c1-c1cc(C(C)C)cc(C(C)C)c1. The van der Waals surface area contributed by atoms with Crippen molar-refractivity contribution in [1.29, 1.82) is 0 Å². The summed E-state index contributed by atoms with van der Waals surface area (Å²) in [5.41, 5.74) is 8.37. The van der Waals surface area contributed by atoms with Gasteiger partial charge in [-0.1, -0.05) is 64.1 Å². The van der Waals surface area contributed by atoms with E-state index < -0.39 is 0 Å². The maximum Gasteiger partial charge on any atom is -0.0125 e. The lowest BCUT2D eigenvalue weighted by Gasteiger charge is -2.17. The van der Waals surface area contributed by atoms with Crippen LogP contribution in [0.5, 0.6) is 0 Å². The third-order valence-corrected chi connectivity index (χ3v) is 4.08. The molecule has 0 bridgehead atoms. The van der Waals surface area contributed by atoms with Crippen LogP contribution in [0.15, 0.2) is 36.4 Å². The van der Waals surface area contributed by atoms with E-state index in [4.69, 9.17) is 0 Å². The summed E-state index contributed by atoms with van der Waals surface area (Å²) < 4.78 is 0. The third-order valence-electron chi connectivity index (χ3n) is 4.08. The second kappa shape index (κ2) is 5.83. The van der Waals surface area contributed by atoms with Crippen molar-refractivity contribution in [3.05, 3.63) is 58.7 Å². The molecular weight excluding hydrogens is 240 g/mol. The van der Waals surface area contributed by atoms with E-state index in [1.165, 1.54) is 33.4 Å². The van der Waals surface area contributed by atoms with Crippen LogP contribution in [0.2, 0.25) is 0 Å². The molecule has 0 nitrogen and oxygen atoms in total. The van der Waals surface area contributed by atoms with Gasteiger partial charge < -0.3 is 0 Å². The monoisotopic (exact) mass is 266 g/mol. The molecular formula is C20H26. The molecule has 0 heterocycles. The standard InChI is InChI=1S/C20H26/c1-13(2)17-10-18(14(3)4)12-19(11-17)20-15(5)8-7-9-16(20)6/h7-14H,1-6H3. The van der Waals surface area contributed by atoms with E-state index in [2.05, 4.69) is 77.9 Å². The van der Waals surface area contributed by atoms with E-state index in [9.17, 15) is 0 Å². The molecule has 0 aliphatic rings. The zero-order valence-corrected chi connectivity index (χ0v) is 13.6. The Kier molecular flexibility index (Phi) is 4.32. The molecule has 20 heavy (non-hydrogen) atoms. The second-order valence-electron chi connectivity index (χ2n) is 6.46. The molecule has 2 aromatic rings. The van der Waals surface area contributed by atoms with Gasteiger partial charge in [0.15, 0.2) is 0 Å². The average Bonchev–Trinajstić information content (AvgIpc) is 2.38. The molecule has 0 heteroatoms. The Balaban J connectivity index is 2.67. The fourth-order valence-corrected chi connectivity index (χ4v) is 2.76. The highest BCUT2D eigenvalue weighted by molar-refractivity contribution is 5.72. The molecule has 0 fully saturated rings. The van der Waals surface area contributed by atoms with Crippen molar-refractivity contribution in [2.24, 2.45) is 0 Å². The van der Waals surface area contributed by atoms with Gasteiger partial charge in [0.05, 0.1) is 0 Å². The van der Waals surface area contributed by atoms with Crippen LogP contribution in [0.1, 0.15) is 61.8 Å². The molecule has 0 aliphatic heterocycles. The fourth-order valence-electron chi connectivity index (χ4n) is 2.76. The summed E-state index contributed by atoms with van der Waals surface area (Å²) in [6.45, 7) is 13.5. The Morgan fingerprint density at radius 1 is 0.700 bits per heavy atom. The van der Waals surface area contributed by atoms with Crippen LogP contribution in [0, 0.1) is 13.8 Å². The first-order chi connectivity index (χ1) is 9.40. The van der Waals surface area contributed by atoms with Gasteiger partial charge in [0.25, 0.3) is 0 Å². The van der Waals surface area contributed by atoms with Crippen molar-refractivity contribution >= 4 is 0 Å². The Labute approximate surface area is 123 Å². The topological polar surface area (TPSA) is 0 Å². The van der Waals surface area contributed by atoms with Crippen molar-refractivity contribution in [3.63, 3.8) is 0 Å². The zero-order valence-electron chi connectivity index (χ0n) is 13.6. The lowest BCUT2D eigenvalue weighted by molar-refractivity contribution is 0.834. The summed E-state index contributed by atoms with van der Waals surface area (Å²) in [5.74, 6) is 1.13. The molecule has 0 spiro atoms. The highest BCUT2D eigenvalue weighted by atomic mass is 14.2. The van der Waals surface area contributed by atoms with Crippen molar-refractivity contribution in [1.82, 2.24) is 0 Å². The Morgan fingerprint density at radius 3 is 1.55 bits per heavy atom. The maximum absolute atomic E-state index is 2.37. The zero-order chi connectivity index (χ0) is 14.9. The number of hydrogen-bond acceptors (Lipinski definition) is 0. The summed E-state index contributed by atoms with van der Waals surface area (Å²) in [6.07, 6.45) is 0. The largest absolute Gasteiger partial charge is 0.0617 e. The maximum atomic E-state index is 2.37. The summed E-state index contributed by atoms with van der Waals surface area (Å²) in [6, 6.07) is 13.7. The van der Waals surface area contributed by atoms with Gasteiger partial charge in [0, 0.05) is 0 Å². The van der Waals surface area contributed by atoms with Crippen LogP contribution in [0.4, 0.5) is 0 Å². The van der Waals surface area contributed by atoms with Crippen LogP contribution < -0.4 is 0 Å². The predicted molar refractivity (Wildman–Crippen MR) is 89.5 cm³/mol. The Hall–Kier alpha value is -1.56. The smallest absolute Gasteiger partial charge is 0.0125 e. The Bertz CT molecular complexity index is 557. The lowest BCUT2D eigenvalue weighted by atomic mass is 9.88. The minimum Gasteiger partial charge on any atom is -0.0617 e. The molecule has 0 aromatic heterocycles. The van der Waals surface area contributed by atoms with E-state index in [-0.39, 0.29) is 0 Å². The van der Waals surface area contributed by atoms with Gasteiger partial charge >= 0.3 is 0 Å². The minimum absolute atomic E-state index is 0.566. The van der Waals surface area contributed by atoms with Crippen LogP contribution in [0.3, 0.4) is 0 Å². The number of hydrogen-bond donors (Lipinski definition) is 0. The first kappa shape index (κ1) is 14.8. The summed E-state index contributed by atoms with van der Waals surface area (Å²) in [4.78, 5) is 0. The first-order valence-corrected chi connectivity index (χ1v) is 7.61. The summed E-state index contributed by atoms with van der Waals surface area (Å²) in [5, 5.41) is 0. The quantitative estimate of drug-likeness (QED) is 0.619. The van der Waals surface area contributed by atoms with Crippen LogP contribution in [0.25, 0.3) is 11.1 Å². The molecule has 0 saturated heterocycles. The van der Waals surface area contributed by atoms with Gasteiger partial charge in [-0.15, -0.1) is 0 Å². The Morgan fingerprint density at radius 2 is 1.15 bits per heavy atom. The highest BCUT2D eigenvalue weighted by Crippen LogP contribution is 2.32. The molecule has 2 aromatic carbocycles. The van der Waals surface area contributed by atoms with Crippen LogP contribution in [-0.4, -0.2) is 0 Å². The molecule has 0 aliphatic carbocycles. The van der Waals surface area contributed by atoms with Gasteiger partial charge in [-0.2, -0.15) is 0 Å². The van der Waals surface area contributed by atoms with Crippen molar-refractivity contribution in [2.75, 3.05) is 0 Å². The molecule has 0 atom stereocenters. The summed E-state index contributed by atoms with van der Waals surface area (Å²) >= 11 is 0. The number of benzene rings is 2. The molecule has 106 valence electrons. The van der Waals surface area contributed by atoms with E-state index in [0.717, 1.165) is 0 Å². The lowest BCUT2D eigenvalue weighted by Crippen LogP contribution is -1.96. The molecule has 2 rings (SSSR count). The van der Waals surface area contributed by atoms with Gasteiger partial charge in [-0.05, 0) is 59.1 Å². The van der Waals surface area contributed by atoms with E-state index in [1.54, 1.807) is 0 Å². The second-order valence-corrected chi connectivity index (χ2v) is 6.46. The number of aryl methyl sites for hydroxylation is 2. The third kappa shape index (κ3) is 2.95. The summed E-state index contributed by atoms with van der Waals surface area (Å²) in [7, 11) is 0. The minimum atomic E-state index is 0.566. The van der Waals surface area contributed by atoms with Crippen molar-refractivity contribution in [3.8, 4) is 11.1 Å². The van der Waals surface area contributed by atoms with Gasteiger partial charge in [0.2, 0.25) is 0 Å². The van der Waals surface area contributed by atoms with Gasteiger partial charge in [0.1, 0.15) is 0 Å². The van der Waals surface area contributed by atoms with Crippen LogP contribution >= 0.6 is 0 Å². The van der Waals surface area contributed by atoms with Crippen molar-refractivity contribution < 1.29 is 0 Å². The number of rotatable bonds is 3. The molecule has 0 radical (unpaired) electrons. The predicted octanol–water partition coefficient (Wildman–Crippen LogP) is 6.22. The van der Waals surface area contributed by atoms with Crippen molar-refractivity contribution in [2.45, 2.75) is 53.4 Å². The highest BCUT2D eigenvalue weighted by Gasteiger charge is 2.11. The van der Waals surface area contributed by atoms with Gasteiger partial charge in [-0.25, -0.2) is 0 Å². The molecule has 0 N–H and O–H groups in total.